The van der Waals surface area contributed by atoms with E-state index in [1.807, 2.05) is 0 Å². The van der Waals surface area contributed by atoms with Crippen LogP contribution in [0.1, 0.15) is 78.6 Å². The van der Waals surface area contributed by atoms with Crippen molar-refractivity contribution in [2.45, 2.75) is 89.8 Å². The number of fused-ring (bicyclic) bond motifs is 10. The summed E-state index contributed by atoms with van der Waals surface area (Å²) < 4.78 is 0. The first-order chi connectivity index (χ1) is 12.7. The van der Waals surface area contributed by atoms with E-state index in [4.69, 9.17) is 0 Å². The molecule has 6 saturated carbocycles. The second-order valence-corrected chi connectivity index (χ2v) is 11.9. The highest BCUT2D eigenvalue weighted by Crippen LogP contribution is 2.81. The molecule has 0 radical (unpaired) electrons. The molecule has 6 fully saturated rings. The highest BCUT2D eigenvalue weighted by molar-refractivity contribution is 5.81. The van der Waals surface area contributed by atoms with Gasteiger partial charge in [-0.05, 0) is 85.4 Å². The van der Waals surface area contributed by atoms with Gasteiger partial charge < -0.3 is 10.2 Å². The van der Waals surface area contributed by atoms with Crippen molar-refractivity contribution < 1.29 is 15.0 Å². The van der Waals surface area contributed by atoms with Crippen LogP contribution in [0.3, 0.4) is 0 Å². The Morgan fingerprint density at radius 1 is 1.00 bits per heavy atom. The summed E-state index contributed by atoms with van der Waals surface area (Å²) in [6.07, 6.45) is 8.58. The molecular formula is C24H36O3. The summed E-state index contributed by atoms with van der Waals surface area (Å²) in [4.78, 5) is 12.2. The lowest BCUT2D eigenvalue weighted by molar-refractivity contribution is -0.223. The van der Waals surface area contributed by atoms with Gasteiger partial charge in [0.1, 0.15) is 5.78 Å². The van der Waals surface area contributed by atoms with Crippen LogP contribution in [0.25, 0.3) is 0 Å². The highest BCUT2D eigenvalue weighted by Gasteiger charge is 2.81. The molecular weight excluding hydrogens is 336 g/mol. The summed E-state index contributed by atoms with van der Waals surface area (Å²) in [5, 5.41) is 23.6. The van der Waals surface area contributed by atoms with E-state index < -0.39 is 11.2 Å². The zero-order valence-corrected chi connectivity index (χ0v) is 17.2. The first kappa shape index (κ1) is 17.4. The van der Waals surface area contributed by atoms with Gasteiger partial charge in [0, 0.05) is 18.3 Å². The van der Waals surface area contributed by atoms with Crippen molar-refractivity contribution in [1.29, 1.82) is 0 Å². The molecule has 11 atom stereocenters. The van der Waals surface area contributed by atoms with Crippen molar-refractivity contribution in [3.8, 4) is 0 Å². The largest absolute Gasteiger partial charge is 0.389 e. The van der Waals surface area contributed by atoms with Crippen LogP contribution < -0.4 is 0 Å². The molecule has 0 amide bonds. The minimum atomic E-state index is -0.747. The molecule has 0 spiro atoms. The maximum absolute atomic E-state index is 12.2. The zero-order chi connectivity index (χ0) is 19.0. The number of aliphatic hydroxyl groups is 2. The van der Waals surface area contributed by atoms with Gasteiger partial charge in [-0.25, -0.2) is 0 Å². The fourth-order valence-electron chi connectivity index (χ4n) is 9.95. The van der Waals surface area contributed by atoms with Gasteiger partial charge in [0.05, 0.1) is 11.2 Å². The van der Waals surface area contributed by atoms with E-state index in [1.165, 1.54) is 6.42 Å². The maximum atomic E-state index is 12.2. The van der Waals surface area contributed by atoms with Crippen molar-refractivity contribution in [2.24, 2.45) is 52.3 Å². The number of Topliss-reactive ketones (excluding diaryl/α,β-unsaturated/α-hetero) is 1. The van der Waals surface area contributed by atoms with E-state index >= 15 is 0 Å². The molecule has 0 heterocycles. The number of carbonyl (C=O) groups excluding carboxylic acids is 1. The normalized spacial score (nSPS) is 65.5. The predicted molar refractivity (Wildman–Crippen MR) is 103 cm³/mol. The summed E-state index contributed by atoms with van der Waals surface area (Å²) in [5.74, 6) is 4.34. The molecule has 0 aromatic carbocycles. The Labute approximate surface area is 163 Å². The second kappa shape index (κ2) is 4.83. The monoisotopic (exact) mass is 372 g/mol. The Morgan fingerprint density at radius 3 is 2.48 bits per heavy atom. The summed E-state index contributed by atoms with van der Waals surface area (Å²) in [6, 6.07) is 0. The molecule has 27 heavy (non-hydrogen) atoms. The minimum absolute atomic E-state index is 0.0706. The fraction of sp³-hybridized carbons (Fsp3) is 0.958. The Balaban J connectivity index is 1.42. The number of hydrogen-bond acceptors (Lipinski definition) is 3. The van der Waals surface area contributed by atoms with Crippen LogP contribution in [0.4, 0.5) is 0 Å². The van der Waals surface area contributed by atoms with E-state index in [9.17, 15) is 15.0 Å². The summed E-state index contributed by atoms with van der Waals surface area (Å²) in [5.41, 5.74) is -1.23. The average molecular weight is 373 g/mol. The van der Waals surface area contributed by atoms with Gasteiger partial charge in [-0.1, -0.05) is 27.2 Å². The topological polar surface area (TPSA) is 57.5 Å². The number of rotatable bonds is 2. The molecule has 0 aliphatic heterocycles. The third kappa shape index (κ3) is 1.74. The van der Waals surface area contributed by atoms with Gasteiger partial charge in [-0.3, -0.25) is 4.79 Å². The molecule has 3 heteroatoms. The predicted octanol–water partition coefficient (Wildman–Crippen LogP) is 3.96. The van der Waals surface area contributed by atoms with Crippen molar-refractivity contribution in [1.82, 2.24) is 0 Å². The van der Waals surface area contributed by atoms with Gasteiger partial charge in [0.15, 0.2) is 0 Å². The van der Waals surface area contributed by atoms with Crippen LogP contribution in [0, 0.1) is 52.3 Å². The molecule has 6 rings (SSSR count). The van der Waals surface area contributed by atoms with E-state index in [-0.39, 0.29) is 16.6 Å². The van der Waals surface area contributed by atoms with E-state index in [2.05, 4.69) is 20.8 Å². The van der Waals surface area contributed by atoms with E-state index in [0.717, 1.165) is 44.4 Å². The van der Waals surface area contributed by atoms with Crippen LogP contribution in [-0.4, -0.2) is 27.2 Å². The first-order valence-corrected chi connectivity index (χ1v) is 11.7. The summed E-state index contributed by atoms with van der Waals surface area (Å²) in [7, 11) is 0. The summed E-state index contributed by atoms with van der Waals surface area (Å²) in [6.45, 7) is 6.96. The molecule has 2 N–H and O–H groups in total. The highest BCUT2D eigenvalue weighted by atomic mass is 16.3. The van der Waals surface area contributed by atoms with Gasteiger partial charge in [-0.2, -0.15) is 0 Å². The SMILES string of the molecule is CCC[C@]1(O)[C@H]2CC2C2C3C(CC[C@@]21C)[C@@]1(C)CCC(=O)C[C@@]1(O)[C@@H]1C[C@H]31. The molecule has 0 bridgehead atoms. The quantitative estimate of drug-likeness (QED) is 0.771. The molecule has 0 saturated heterocycles. The Kier molecular flexibility index (Phi) is 3.12. The Morgan fingerprint density at radius 2 is 1.74 bits per heavy atom. The molecule has 6 aliphatic carbocycles. The van der Waals surface area contributed by atoms with Gasteiger partial charge >= 0.3 is 0 Å². The first-order valence-electron chi connectivity index (χ1n) is 11.7. The second-order valence-electron chi connectivity index (χ2n) is 11.9. The molecule has 6 aliphatic rings. The lowest BCUT2D eigenvalue weighted by Gasteiger charge is -2.64. The number of ketones is 1. The lowest BCUT2D eigenvalue weighted by atomic mass is 9.42. The fourth-order valence-corrected chi connectivity index (χ4v) is 9.95. The van der Waals surface area contributed by atoms with Crippen molar-refractivity contribution in [3.63, 3.8) is 0 Å². The van der Waals surface area contributed by atoms with Crippen LogP contribution >= 0.6 is 0 Å². The minimum Gasteiger partial charge on any atom is -0.389 e. The third-order valence-corrected chi connectivity index (χ3v) is 11.3. The molecule has 0 aromatic heterocycles. The van der Waals surface area contributed by atoms with E-state index in [1.54, 1.807) is 0 Å². The lowest BCUT2D eigenvalue weighted by Crippen LogP contribution is -2.65. The molecule has 0 aromatic rings. The number of carbonyl (C=O) groups is 1. The van der Waals surface area contributed by atoms with Crippen LogP contribution in [-0.2, 0) is 4.79 Å². The summed E-state index contributed by atoms with van der Waals surface area (Å²) >= 11 is 0. The zero-order valence-electron chi connectivity index (χ0n) is 17.2. The molecule has 150 valence electrons. The van der Waals surface area contributed by atoms with Gasteiger partial charge in [0.25, 0.3) is 0 Å². The van der Waals surface area contributed by atoms with Crippen LogP contribution in [0.5, 0.6) is 0 Å². The Hall–Kier alpha value is -0.410. The smallest absolute Gasteiger partial charge is 0.135 e. The number of hydrogen-bond donors (Lipinski definition) is 2. The molecule has 4 unspecified atom stereocenters. The van der Waals surface area contributed by atoms with Crippen molar-refractivity contribution in [2.75, 3.05) is 0 Å². The van der Waals surface area contributed by atoms with Gasteiger partial charge in [-0.15, -0.1) is 0 Å². The van der Waals surface area contributed by atoms with Gasteiger partial charge in [0.2, 0.25) is 0 Å². The molecule has 3 nitrogen and oxygen atoms in total. The van der Waals surface area contributed by atoms with Crippen molar-refractivity contribution in [3.05, 3.63) is 0 Å². The van der Waals surface area contributed by atoms with Crippen LogP contribution in [0.2, 0.25) is 0 Å². The standard InChI is InChI=1S/C24H36O3/c1-4-7-23(26)18-11-15(18)20-19-14-10-17(14)24(27)12-13(25)5-8-21(24,2)16(19)6-9-22(20,23)3/h14-20,26-27H,4-12H2,1-3H3/t14-,15?,16?,17+,18-,19?,20?,21+,22-,23-,24+/m0/s1. The average Bonchev–Trinajstić information content (AvgIpc) is 3.49. The van der Waals surface area contributed by atoms with Crippen LogP contribution in [0.15, 0.2) is 0 Å². The van der Waals surface area contributed by atoms with Crippen molar-refractivity contribution >= 4 is 5.78 Å². The Bertz CT molecular complexity index is 718. The maximum Gasteiger partial charge on any atom is 0.135 e. The van der Waals surface area contributed by atoms with E-state index in [0.29, 0.717) is 48.3 Å². The third-order valence-electron chi connectivity index (χ3n) is 11.3.